The Labute approximate surface area is 168 Å². The van der Waals surface area contributed by atoms with Gasteiger partial charge in [-0.15, -0.1) is 0 Å². The fourth-order valence-electron chi connectivity index (χ4n) is 3.22. The lowest BCUT2D eigenvalue weighted by Gasteiger charge is -2.22. The molecule has 0 bridgehead atoms. The molecule has 3 rings (SSSR count). The summed E-state index contributed by atoms with van der Waals surface area (Å²) in [5.74, 6) is -0.381. The number of para-hydroxylation sites is 1. The fourth-order valence-corrected chi connectivity index (χ4v) is 3.22. The minimum Gasteiger partial charge on any atom is -0.360 e. The van der Waals surface area contributed by atoms with Gasteiger partial charge in [0.25, 0.3) is 5.91 Å². The second-order valence-corrected chi connectivity index (χ2v) is 6.95. The van der Waals surface area contributed by atoms with E-state index >= 15 is 0 Å². The van der Waals surface area contributed by atoms with Crippen LogP contribution in [0, 0.1) is 6.92 Å². The quantitative estimate of drug-likeness (QED) is 0.700. The van der Waals surface area contributed by atoms with E-state index < -0.39 is 11.8 Å². The number of hydrogen-bond acceptors (Lipinski definition) is 5. The van der Waals surface area contributed by atoms with Gasteiger partial charge in [-0.05, 0) is 31.9 Å². The van der Waals surface area contributed by atoms with Crippen LogP contribution in [0.4, 0.5) is 11.5 Å². The molecule has 2 N–H and O–H groups in total. The Bertz CT molecular complexity index is 885. The summed E-state index contributed by atoms with van der Waals surface area (Å²) in [6.45, 7) is 1.59. The Hall–Kier alpha value is -3.42. The van der Waals surface area contributed by atoms with E-state index in [1.807, 2.05) is 6.07 Å². The SMILES string of the molecule is Cc1cc(NC(=O)/C=C/C(=O)N(CC(=O)NC2CCCC2)c2ccccc2)no1. The predicted octanol–water partition coefficient (Wildman–Crippen LogP) is 2.57. The fraction of sp³-hybridized carbons (Fsp3) is 0.333. The van der Waals surface area contributed by atoms with Crippen LogP contribution < -0.4 is 15.5 Å². The van der Waals surface area contributed by atoms with Crippen molar-refractivity contribution in [1.29, 1.82) is 0 Å². The smallest absolute Gasteiger partial charge is 0.251 e. The molecule has 152 valence electrons. The zero-order valence-electron chi connectivity index (χ0n) is 16.3. The third kappa shape index (κ3) is 6.03. The number of rotatable bonds is 7. The zero-order valence-corrected chi connectivity index (χ0v) is 16.3. The van der Waals surface area contributed by atoms with E-state index in [0.717, 1.165) is 37.8 Å². The van der Waals surface area contributed by atoms with Crippen LogP contribution in [0.15, 0.2) is 53.1 Å². The molecule has 2 aromatic rings. The van der Waals surface area contributed by atoms with Gasteiger partial charge in [-0.2, -0.15) is 0 Å². The number of nitrogens with one attached hydrogen (secondary N) is 2. The molecule has 1 aliphatic rings. The number of aromatic nitrogens is 1. The van der Waals surface area contributed by atoms with Crippen molar-refractivity contribution in [3.63, 3.8) is 0 Å². The van der Waals surface area contributed by atoms with Gasteiger partial charge in [0, 0.05) is 29.9 Å². The first kappa shape index (κ1) is 20.3. The monoisotopic (exact) mass is 396 g/mol. The van der Waals surface area contributed by atoms with Gasteiger partial charge in [-0.25, -0.2) is 0 Å². The van der Waals surface area contributed by atoms with Crippen molar-refractivity contribution in [2.45, 2.75) is 38.6 Å². The van der Waals surface area contributed by atoms with Crippen molar-refractivity contribution < 1.29 is 18.9 Å². The highest BCUT2D eigenvalue weighted by Gasteiger charge is 2.21. The second kappa shape index (κ2) is 9.68. The van der Waals surface area contributed by atoms with Crippen LogP contribution in [0.25, 0.3) is 0 Å². The highest BCUT2D eigenvalue weighted by molar-refractivity contribution is 6.09. The number of amides is 3. The molecule has 1 fully saturated rings. The molecule has 29 heavy (non-hydrogen) atoms. The summed E-state index contributed by atoms with van der Waals surface area (Å²) >= 11 is 0. The van der Waals surface area contributed by atoms with Gasteiger partial charge in [-0.3, -0.25) is 19.3 Å². The molecular formula is C21H24N4O4. The summed E-state index contributed by atoms with van der Waals surface area (Å²) in [5, 5.41) is 9.15. The lowest BCUT2D eigenvalue weighted by Crippen LogP contribution is -2.43. The van der Waals surface area contributed by atoms with E-state index in [9.17, 15) is 14.4 Å². The van der Waals surface area contributed by atoms with E-state index in [-0.39, 0.29) is 24.3 Å². The number of hydrogen-bond donors (Lipinski definition) is 2. The lowest BCUT2D eigenvalue weighted by molar-refractivity contribution is -0.122. The van der Waals surface area contributed by atoms with Gasteiger partial charge in [0.15, 0.2) is 5.82 Å². The molecular weight excluding hydrogens is 372 g/mol. The molecule has 0 spiro atoms. The number of carbonyl (C=O) groups excluding carboxylic acids is 3. The van der Waals surface area contributed by atoms with Crippen molar-refractivity contribution >= 4 is 29.2 Å². The average molecular weight is 396 g/mol. The molecule has 1 aliphatic carbocycles. The first-order valence-electron chi connectivity index (χ1n) is 9.59. The number of aryl methyl sites for hydroxylation is 1. The maximum atomic E-state index is 12.7. The number of anilines is 2. The molecule has 1 aromatic carbocycles. The largest absolute Gasteiger partial charge is 0.360 e. The summed E-state index contributed by atoms with van der Waals surface area (Å²) in [5.41, 5.74) is 0.580. The molecule has 1 heterocycles. The number of nitrogens with zero attached hydrogens (tertiary/aromatic N) is 2. The molecule has 0 aliphatic heterocycles. The Morgan fingerprint density at radius 3 is 2.55 bits per heavy atom. The van der Waals surface area contributed by atoms with Crippen LogP contribution in [0.5, 0.6) is 0 Å². The predicted molar refractivity (Wildman–Crippen MR) is 108 cm³/mol. The molecule has 0 saturated heterocycles. The van der Waals surface area contributed by atoms with Crippen molar-refractivity contribution in [1.82, 2.24) is 10.5 Å². The number of benzene rings is 1. The van der Waals surface area contributed by atoms with Crippen LogP contribution in [0.2, 0.25) is 0 Å². The van der Waals surface area contributed by atoms with E-state index in [0.29, 0.717) is 11.4 Å². The van der Waals surface area contributed by atoms with Crippen LogP contribution in [-0.4, -0.2) is 35.5 Å². The van der Waals surface area contributed by atoms with Gasteiger partial charge >= 0.3 is 0 Å². The standard InChI is InChI=1S/C21H24N4O4/c1-15-13-18(24-29-15)23-19(26)11-12-21(28)25(17-9-3-2-4-10-17)14-20(27)22-16-7-5-6-8-16/h2-4,9-13,16H,5-8,14H2,1H3,(H,22,27)(H,23,24,26)/b12-11+. The van der Waals surface area contributed by atoms with E-state index in [1.165, 1.54) is 4.90 Å². The van der Waals surface area contributed by atoms with Gasteiger partial charge in [0.05, 0.1) is 0 Å². The maximum absolute atomic E-state index is 12.7. The molecule has 3 amide bonds. The minimum absolute atomic E-state index is 0.117. The second-order valence-electron chi connectivity index (χ2n) is 6.95. The van der Waals surface area contributed by atoms with Crippen molar-refractivity contribution in [2.75, 3.05) is 16.8 Å². The van der Waals surface area contributed by atoms with Gasteiger partial charge in [-0.1, -0.05) is 36.2 Å². The van der Waals surface area contributed by atoms with Crippen LogP contribution >= 0.6 is 0 Å². The van der Waals surface area contributed by atoms with Crippen LogP contribution in [-0.2, 0) is 14.4 Å². The lowest BCUT2D eigenvalue weighted by atomic mass is 10.2. The Kier molecular flexibility index (Phi) is 6.78. The van der Waals surface area contributed by atoms with Crippen molar-refractivity contribution in [2.24, 2.45) is 0 Å². The summed E-state index contributed by atoms with van der Waals surface area (Å²) in [7, 11) is 0. The summed E-state index contributed by atoms with van der Waals surface area (Å²) in [6, 6.07) is 10.6. The highest BCUT2D eigenvalue weighted by atomic mass is 16.5. The van der Waals surface area contributed by atoms with Gasteiger partial charge in [0.2, 0.25) is 11.8 Å². The van der Waals surface area contributed by atoms with E-state index in [2.05, 4.69) is 15.8 Å². The summed E-state index contributed by atoms with van der Waals surface area (Å²) in [6.07, 6.45) is 6.39. The normalized spacial score (nSPS) is 14.1. The summed E-state index contributed by atoms with van der Waals surface area (Å²) < 4.78 is 4.88. The third-order valence-corrected chi connectivity index (χ3v) is 4.61. The molecule has 8 nitrogen and oxygen atoms in total. The molecule has 0 atom stereocenters. The molecule has 8 heteroatoms. The van der Waals surface area contributed by atoms with Crippen LogP contribution in [0.1, 0.15) is 31.4 Å². The Morgan fingerprint density at radius 1 is 1.17 bits per heavy atom. The van der Waals surface area contributed by atoms with Crippen molar-refractivity contribution in [3.8, 4) is 0 Å². The first-order chi connectivity index (χ1) is 14.0. The average Bonchev–Trinajstić information content (AvgIpc) is 3.36. The summed E-state index contributed by atoms with van der Waals surface area (Å²) in [4.78, 5) is 38.5. The Balaban J connectivity index is 1.65. The zero-order chi connectivity index (χ0) is 20.6. The van der Waals surface area contributed by atoms with Crippen LogP contribution in [0.3, 0.4) is 0 Å². The van der Waals surface area contributed by atoms with Gasteiger partial charge < -0.3 is 15.2 Å². The minimum atomic E-state index is -0.518. The van der Waals surface area contributed by atoms with Crippen molar-refractivity contribution in [3.05, 3.63) is 54.3 Å². The van der Waals surface area contributed by atoms with E-state index in [4.69, 9.17) is 4.52 Å². The molecule has 0 radical (unpaired) electrons. The molecule has 0 unspecified atom stereocenters. The Morgan fingerprint density at radius 2 is 1.90 bits per heavy atom. The van der Waals surface area contributed by atoms with Gasteiger partial charge in [0.1, 0.15) is 12.3 Å². The third-order valence-electron chi connectivity index (χ3n) is 4.61. The van der Waals surface area contributed by atoms with E-state index in [1.54, 1.807) is 37.3 Å². The first-order valence-corrected chi connectivity index (χ1v) is 9.59. The maximum Gasteiger partial charge on any atom is 0.251 e. The molecule has 1 saturated carbocycles. The highest BCUT2D eigenvalue weighted by Crippen LogP contribution is 2.18. The molecule has 1 aromatic heterocycles. The number of carbonyl (C=O) groups is 3. The topological polar surface area (TPSA) is 105 Å².